The number of hydrogen-bond acceptors (Lipinski definition) is 3. The summed E-state index contributed by atoms with van der Waals surface area (Å²) in [5, 5.41) is 0. The molecule has 1 aliphatic rings. The molecule has 0 radical (unpaired) electrons. The first-order chi connectivity index (χ1) is 11.0. The van der Waals surface area contributed by atoms with Gasteiger partial charge in [0, 0.05) is 12.6 Å². The molecule has 126 valence electrons. The van der Waals surface area contributed by atoms with Gasteiger partial charge in [-0.1, -0.05) is 45.8 Å². The van der Waals surface area contributed by atoms with Crippen molar-refractivity contribution < 1.29 is 9.53 Å². The lowest BCUT2D eigenvalue weighted by molar-refractivity contribution is -0.128. The highest BCUT2D eigenvalue weighted by atomic mass is 16.5. The number of carbonyl (C=O) groups excluding carboxylic acids is 1. The van der Waals surface area contributed by atoms with E-state index in [0.717, 1.165) is 36.3 Å². The number of carbonyl (C=O) groups is 1. The van der Waals surface area contributed by atoms with E-state index < -0.39 is 6.10 Å². The molecule has 1 aromatic carbocycles. The second kappa shape index (κ2) is 7.64. The second-order valence-corrected chi connectivity index (χ2v) is 6.50. The summed E-state index contributed by atoms with van der Waals surface area (Å²) in [7, 11) is 0. The standard InChI is InChI=1S/C19H28N2O2/c1-5-7-8-15(20)14-9-10-17-16(12-14)21(11-6-2)19(22)18(23-17)13(3)4/h6,9-10,12-13,15,18H,2,5,7-8,11,20H2,1,3-4H3. The van der Waals surface area contributed by atoms with Crippen molar-refractivity contribution in [1.29, 1.82) is 0 Å². The monoisotopic (exact) mass is 316 g/mol. The molecule has 0 aliphatic carbocycles. The summed E-state index contributed by atoms with van der Waals surface area (Å²) < 4.78 is 5.93. The number of unbranched alkanes of at least 4 members (excludes halogenated alkanes) is 1. The second-order valence-electron chi connectivity index (χ2n) is 6.50. The molecular weight excluding hydrogens is 288 g/mol. The summed E-state index contributed by atoms with van der Waals surface area (Å²) in [6.45, 7) is 10.4. The van der Waals surface area contributed by atoms with Crippen LogP contribution in [0.3, 0.4) is 0 Å². The van der Waals surface area contributed by atoms with E-state index in [9.17, 15) is 4.79 Å². The first-order valence-corrected chi connectivity index (χ1v) is 8.48. The van der Waals surface area contributed by atoms with Gasteiger partial charge in [0.25, 0.3) is 5.91 Å². The number of fused-ring (bicyclic) bond motifs is 1. The van der Waals surface area contributed by atoms with Crippen LogP contribution in [0.5, 0.6) is 5.75 Å². The Hall–Kier alpha value is -1.81. The Labute approximate surface area is 139 Å². The SMILES string of the molecule is C=CCN1C(=O)C(C(C)C)Oc2ccc(C(N)CCCC)cc21. The molecule has 0 bridgehead atoms. The van der Waals surface area contributed by atoms with Gasteiger partial charge in [-0.3, -0.25) is 4.79 Å². The first-order valence-electron chi connectivity index (χ1n) is 8.48. The highest BCUT2D eigenvalue weighted by Gasteiger charge is 2.36. The summed E-state index contributed by atoms with van der Waals surface area (Å²) in [5.41, 5.74) is 8.13. The number of benzene rings is 1. The molecule has 0 saturated heterocycles. The van der Waals surface area contributed by atoms with Gasteiger partial charge in [-0.2, -0.15) is 0 Å². The van der Waals surface area contributed by atoms with Crippen molar-refractivity contribution in [3.8, 4) is 5.75 Å². The Morgan fingerprint density at radius 2 is 2.17 bits per heavy atom. The van der Waals surface area contributed by atoms with E-state index in [1.54, 1.807) is 11.0 Å². The lowest BCUT2D eigenvalue weighted by atomic mass is 9.98. The predicted molar refractivity (Wildman–Crippen MR) is 94.7 cm³/mol. The highest BCUT2D eigenvalue weighted by molar-refractivity contribution is 6.00. The Morgan fingerprint density at radius 3 is 2.78 bits per heavy atom. The third-order valence-electron chi connectivity index (χ3n) is 4.25. The van der Waals surface area contributed by atoms with Crippen molar-refractivity contribution in [3.05, 3.63) is 36.4 Å². The predicted octanol–water partition coefficient (Wildman–Crippen LogP) is 3.81. The van der Waals surface area contributed by atoms with E-state index in [0.29, 0.717) is 6.54 Å². The molecule has 1 amide bonds. The first kappa shape index (κ1) is 17.5. The fourth-order valence-electron chi connectivity index (χ4n) is 2.86. The summed E-state index contributed by atoms with van der Waals surface area (Å²) in [6, 6.07) is 5.93. The van der Waals surface area contributed by atoms with Crippen molar-refractivity contribution in [3.63, 3.8) is 0 Å². The number of amides is 1. The van der Waals surface area contributed by atoms with Crippen molar-refractivity contribution in [2.75, 3.05) is 11.4 Å². The number of ether oxygens (including phenoxy) is 1. The van der Waals surface area contributed by atoms with Gasteiger partial charge in [0.2, 0.25) is 0 Å². The molecule has 1 aromatic rings. The molecular formula is C19H28N2O2. The molecule has 2 N–H and O–H groups in total. The van der Waals surface area contributed by atoms with Crippen LogP contribution in [0.4, 0.5) is 5.69 Å². The van der Waals surface area contributed by atoms with Gasteiger partial charge in [0.1, 0.15) is 5.75 Å². The van der Waals surface area contributed by atoms with E-state index in [1.165, 1.54) is 0 Å². The molecule has 1 aliphatic heterocycles. The summed E-state index contributed by atoms with van der Waals surface area (Å²) >= 11 is 0. The molecule has 0 saturated carbocycles. The molecule has 2 rings (SSSR count). The maximum absolute atomic E-state index is 12.7. The highest BCUT2D eigenvalue weighted by Crippen LogP contribution is 2.37. The minimum Gasteiger partial charge on any atom is -0.478 e. The maximum Gasteiger partial charge on any atom is 0.268 e. The van der Waals surface area contributed by atoms with Crippen LogP contribution in [0.1, 0.15) is 51.6 Å². The van der Waals surface area contributed by atoms with E-state index in [4.69, 9.17) is 10.5 Å². The zero-order valence-corrected chi connectivity index (χ0v) is 14.4. The molecule has 0 fully saturated rings. The molecule has 4 heteroatoms. The van der Waals surface area contributed by atoms with Gasteiger partial charge in [-0.25, -0.2) is 0 Å². The van der Waals surface area contributed by atoms with Gasteiger partial charge >= 0.3 is 0 Å². The van der Waals surface area contributed by atoms with Gasteiger partial charge < -0.3 is 15.4 Å². The van der Waals surface area contributed by atoms with E-state index in [1.807, 2.05) is 32.0 Å². The van der Waals surface area contributed by atoms with E-state index in [2.05, 4.69) is 13.5 Å². The van der Waals surface area contributed by atoms with Crippen LogP contribution in [-0.2, 0) is 4.79 Å². The lowest BCUT2D eigenvalue weighted by Crippen LogP contribution is -2.48. The third-order valence-corrected chi connectivity index (χ3v) is 4.25. The van der Waals surface area contributed by atoms with Crippen molar-refractivity contribution in [1.82, 2.24) is 0 Å². The Morgan fingerprint density at radius 1 is 1.43 bits per heavy atom. The Bertz CT molecular complexity index is 568. The quantitative estimate of drug-likeness (QED) is 0.778. The van der Waals surface area contributed by atoms with Gasteiger partial charge in [0.05, 0.1) is 5.69 Å². The van der Waals surface area contributed by atoms with Gasteiger partial charge in [-0.05, 0) is 30.0 Å². The number of nitrogens with zero attached hydrogens (tertiary/aromatic N) is 1. The van der Waals surface area contributed by atoms with Crippen LogP contribution in [0.15, 0.2) is 30.9 Å². The van der Waals surface area contributed by atoms with E-state index in [-0.39, 0.29) is 17.9 Å². The zero-order chi connectivity index (χ0) is 17.0. The van der Waals surface area contributed by atoms with Crippen LogP contribution >= 0.6 is 0 Å². The average molecular weight is 316 g/mol. The van der Waals surface area contributed by atoms with Crippen LogP contribution in [0, 0.1) is 5.92 Å². The zero-order valence-electron chi connectivity index (χ0n) is 14.4. The van der Waals surface area contributed by atoms with Crippen LogP contribution in [0.2, 0.25) is 0 Å². The lowest BCUT2D eigenvalue weighted by Gasteiger charge is -2.36. The smallest absolute Gasteiger partial charge is 0.268 e. The molecule has 2 atom stereocenters. The molecule has 1 heterocycles. The van der Waals surface area contributed by atoms with Crippen molar-refractivity contribution >= 4 is 11.6 Å². The fraction of sp³-hybridized carbons (Fsp3) is 0.526. The van der Waals surface area contributed by atoms with Crippen LogP contribution < -0.4 is 15.4 Å². The number of anilines is 1. The third kappa shape index (κ3) is 3.75. The molecule has 2 unspecified atom stereocenters. The maximum atomic E-state index is 12.7. The summed E-state index contributed by atoms with van der Waals surface area (Å²) in [4.78, 5) is 14.5. The van der Waals surface area contributed by atoms with Crippen molar-refractivity contribution in [2.45, 2.75) is 52.2 Å². The van der Waals surface area contributed by atoms with Crippen molar-refractivity contribution in [2.24, 2.45) is 11.7 Å². The summed E-state index contributed by atoms with van der Waals surface area (Å²) in [5.74, 6) is 0.859. The number of nitrogens with two attached hydrogens (primary N) is 1. The van der Waals surface area contributed by atoms with E-state index >= 15 is 0 Å². The Balaban J connectivity index is 2.35. The molecule has 0 spiro atoms. The largest absolute Gasteiger partial charge is 0.478 e. The number of hydrogen-bond donors (Lipinski definition) is 1. The summed E-state index contributed by atoms with van der Waals surface area (Å²) in [6.07, 6.45) is 4.47. The minimum absolute atomic E-state index is 0.00770. The number of rotatable bonds is 7. The van der Waals surface area contributed by atoms with Crippen LogP contribution in [-0.4, -0.2) is 18.6 Å². The normalized spacial score (nSPS) is 18.6. The van der Waals surface area contributed by atoms with Gasteiger partial charge in [-0.15, -0.1) is 6.58 Å². The molecule has 0 aromatic heterocycles. The minimum atomic E-state index is -0.443. The topological polar surface area (TPSA) is 55.6 Å². The molecule has 4 nitrogen and oxygen atoms in total. The Kier molecular flexibility index (Phi) is 5.83. The average Bonchev–Trinajstić information content (AvgIpc) is 2.54. The van der Waals surface area contributed by atoms with Gasteiger partial charge in [0.15, 0.2) is 6.10 Å². The fourth-order valence-corrected chi connectivity index (χ4v) is 2.86. The van der Waals surface area contributed by atoms with Crippen LogP contribution in [0.25, 0.3) is 0 Å². The molecule has 23 heavy (non-hydrogen) atoms.